The van der Waals surface area contributed by atoms with Crippen molar-refractivity contribution < 1.29 is 9.53 Å². The van der Waals surface area contributed by atoms with Gasteiger partial charge in [0, 0.05) is 11.4 Å². The van der Waals surface area contributed by atoms with Crippen LogP contribution < -0.4 is 5.56 Å². The Morgan fingerprint density at radius 2 is 2.24 bits per heavy atom. The molecule has 0 N–H and O–H groups in total. The van der Waals surface area contributed by atoms with Crippen LogP contribution in [-0.4, -0.2) is 22.1 Å². The summed E-state index contributed by atoms with van der Waals surface area (Å²) < 4.78 is 6.42. The Bertz CT molecular complexity index is 732. The molecule has 6 heteroatoms. The fourth-order valence-electron chi connectivity index (χ4n) is 2.79. The maximum Gasteiger partial charge on any atom is 0.307 e. The molecule has 2 aromatic heterocycles. The van der Waals surface area contributed by atoms with Crippen LogP contribution in [0.25, 0.3) is 10.2 Å². The molecule has 0 spiro atoms. The molecule has 2 heterocycles. The van der Waals surface area contributed by atoms with Crippen LogP contribution >= 0.6 is 11.3 Å². The SMILES string of the molecule is CCOC(=O)CCn1cnc2sc3c(c2c1=O)CCCC3. The van der Waals surface area contributed by atoms with Gasteiger partial charge in [0.25, 0.3) is 5.56 Å². The van der Waals surface area contributed by atoms with E-state index in [1.807, 2.05) is 0 Å². The zero-order valence-corrected chi connectivity index (χ0v) is 12.9. The highest BCUT2D eigenvalue weighted by atomic mass is 32.1. The number of nitrogens with zero attached hydrogens (tertiary/aromatic N) is 2. The van der Waals surface area contributed by atoms with Gasteiger partial charge in [0.05, 0.1) is 24.7 Å². The van der Waals surface area contributed by atoms with Crippen molar-refractivity contribution in [2.45, 2.75) is 45.6 Å². The van der Waals surface area contributed by atoms with Crippen molar-refractivity contribution >= 4 is 27.5 Å². The summed E-state index contributed by atoms with van der Waals surface area (Å²) in [6.07, 6.45) is 6.10. The maximum absolute atomic E-state index is 12.6. The molecule has 112 valence electrons. The summed E-state index contributed by atoms with van der Waals surface area (Å²) in [6.45, 7) is 2.46. The minimum atomic E-state index is -0.281. The van der Waals surface area contributed by atoms with Crippen LogP contribution in [0.15, 0.2) is 11.1 Å². The van der Waals surface area contributed by atoms with Crippen LogP contribution in [0.4, 0.5) is 0 Å². The summed E-state index contributed by atoms with van der Waals surface area (Å²) in [5.41, 5.74) is 1.16. The lowest BCUT2D eigenvalue weighted by Gasteiger charge is -2.10. The van der Waals surface area contributed by atoms with Crippen molar-refractivity contribution in [1.82, 2.24) is 9.55 Å². The van der Waals surface area contributed by atoms with Gasteiger partial charge in [-0.25, -0.2) is 4.98 Å². The second kappa shape index (κ2) is 5.97. The second-order valence-corrected chi connectivity index (χ2v) is 6.27. The van der Waals surface area contributed by atoms with Crippen LogP contribution in [0.3, 0.4) is 0 Å². The van der Waals surface area contributed by atoms with Gasteiger partial charge in [-0.1, -0.05) is 0 Å². The van der Waals surface area contributed by atoms with E-state index in [4.69, 9.17) is 4.74 Å². The van der Waals surface area contributed by atoms with Gasteiger partial charge in [0.15, 0.2) is 0 Å². The van der Waals surface area contributed by atoms with E-state index in [1.165, 1.54) is 21.4 Å². The molecule has 1 aliphatic rings. The number of aryl methyl sites for hydroxylation is 3. The number of hydrogen-bond acceptors (Lipinski definition) is 5. The Morgan fingerprint density at radius 3 is 3.05 bits per heavy atom. The first-order valence-corrected chi connectivity index (χ1v) is 8.17. The molecule has 5 nitrogen and oxygen atoms in total. The molecular formula is C15H18N2O3S. The third-order valence-electron chi connectivity index (χ3n) is 3.80. The van der Waals surface area contributed by atoms with Crippen LogP contribution in [0.2, 0.25) is 0 Å². The topological polar surface area (TPSA) is 61.2 Å². The van der Waals surface area contributed by atoms with E-state index >= 15 is 0 Å². The molecule has 21 heavy (non-hydrogen) atoms. The summed E-state index contributed by atoms with van der Waals surface area (Å²) in [5.74, 6) is -0.281. The van der Waals surface area contributed by atoms with Gasteiger partial charge in [0.1, 0.15) is 4.83 Å². The molecule has 0 fully saturated rings. The number of thiophene rings is 1. The van der Waals surface area contributed by atoms with Crippen molar-refractivity contribution in [3.05, 3.63) is 27.1 Å². The Kier molecular flexibility index (Phi) is 4.05. The van der Waals surface area contributed by atoms with Crippen molar-refractivity contribution in [1.29, 1.82) is 0 Å². The Hall–Kier alpha value is -1.69. The summed E-state index contributed by atoms with van der Waals surface area (Å²) in [4.78, 5) is 30.6. The van der Waals surface area contributed by atoms with E-state index in [1.54, 1.807) is 24.6 Å². The molecule has 0 amide bonds. The zero-order chi connectivity index (χ0) is 14.8. The highest BCUT2D eigenvalue weighted by molar-refractivity contribution is 7.18. The number of aromatic nitrogens is 2. The van der Waals surface area contributed by atoms with Crippen molar-refractivity contribution in [3.8, 4) is 0 Å². The van der Waals surface area contributed by atoms with Gasteiger partial charge < -0.3 is 4.74 Å². The van der Waals surface area contributed by atoms with E-state index in [9.17, 15) is 9.59 Å². The smallest absolute Gasteiger partial charge is 0.307 e. The van der Waals surface area contributed by atoms with Gasteiger partial charge in [-0.2, -0.15) is 0 Å². The molecule has 0 radical (unpaired) electrons. The van der Waals surface area contributed by atoms with Gasteiger partial charge in [-0.3, -0.25) is 14.2 Å². The molecule has 2 aromatic rings. The molecule has 1 aliphatic carbocycles. The minimum Gasteiger partial charge on any atom is -0.466 e. The van der Waals surface area contributed by atoms with Crippen molar-refractivity contribution in [2.24, 2.45) is 0 Å². The molecular weight excluding hydrogens is 288 g/mol. The summed E-state index contributed by atoms with van der Waals surface area (Å²) in [7, 11) is 0. The Morgan fingerprint density at radius 1 is 1.43 bits per heavy atom. The molecule has 0 atom stereocenters. The quantitative estimate of drug-likeness (QED) is 0.813. The van der Waals surface area contributed by atoms with E-state index in [0.717, 1.165) is 29.5 Å². The predicted molar refractivity (Wildman–Crippen MR) is 81.8 cm³/mol. The second-order valence-electron chi connectivity index (χ2n) is 5.19. The number of esters is 1. The average Bonchev–Trinajstić information content (AvgIpc) is 2.86. The lowest BCUT2D eigenvalue weighted by molar-refractivity contribution is -0.143. The first-order valence-electron chi connectivity index (χ1n) is 7.36. The zero-order valence-electron chi connectivity index (χ0n) is 12.1. The molecule has 0 aromatic carbocycles. The van der Waals surface area contributed by atoms with E-state index in [0.29, 0.717) is 13.2 Å². The molecule has 0 unspecified atom stereocenters. The van der Waals surface area contributed by atoms with Crippen molar-refractivity contribution in [3.63, 3.8) is 0 Å². The number of hydrogen-bond donors (Lipinski definition) is 0. The molecule has 0 bridgehead atoms. The fraction of sp³-hybridized carbons (Fsp3) is 0.533. The van der Waals surface area contributed by atoms with Crippen LogP contribution in [0.5, 0.6) is 0 Å². The van der Waals surface area contributed by atoms with Gasteiger partial charge in [-0.05, 0) is 38.2 Å². The van der Waals surface area contributed by atoms with E-state index < -0.39 is 0 Å². The van der Waals surface area contributed by atoms with Crippen LogP contribution in [0, 0.1) is 0 Å². The largest absolute Gasteiger partial charge is 0.466 e. The molecule has 0 aliphatic heterocycles. The molecule has 3 rings (SSSR count). The summed E-state index contributed by atoms with van der Waals surface area (Å²) in [5, 5.41) is 0.765. The molecule has 0 saturated heterocycles. The maximum atomic E-state index is 12.6. The predicted octanol–water partition coefficient (Wildman–Crippen LogP) is 2.29. The monoisotopic (exact) mass is 306 g/mol. The fourth-order valence-corrected chi connectivity index (χ4v) is 4.00. The average molecular weight is 306 g/mol. The highest BCUT2D eigenvalue weighted by Crippen LogP contribution is 2.33. The lowest BCUT2D eigenvalue weighted by Crippen LogP contribution is -2.23. The number of carbonyl (C=O) groups is 1. The first kappa shape index (κ1) is 14.3. The normalized spacial score (nSPS) is 14.1. The van der Waals surface area contributed by atoms with Gasteiger partial charge in [0.2, 0.25) is 0 Å². The number of carbonyl (C=O) groups excluding carboxylic acids is 1. The third-order valence-corrected chi connectivity index (χ3v) is 5.00. The summed E-state index contributed by atoms with van der Waals surface area (Å²) >= 11 is 1.64. The Labute approximate surface area is 126 Å². The minimum absolute atomic E-state index is 0.0244. The van der Waals surface area contributed by atoms with Crippen molar-refractivity contribution in [2.75, 3.05) is 6.61 Å². The number of fused-ring (bicyclic) bond motifs is 3. The first-order chi connectivity index (χ1) is 10.2. The van der Waals surface area contributed by atoms with E-state index in [-0.39, 0.29) is 17.9 Å². The van der Waals surface area contributed by atoms with Crippen LogP contribution in [-0.2, 0) is 28.9 Å². The third kappa shape index (κ3) is 2.72. The Balaban J connectivity index is 1.92. The highest BCUT2D eigenvalue weighted by Gasteiger charge is 2.20. The standard InChI is InChI=1S/C15H18N2O3S/c1-2-20-12(18)7-8-17-9-16-14-13(15(17)19)10-5-3-4-6-11(10)21-14/h9H,2-8H2,1H3. The van der Waals surface area contributed by atoms with E-state index in [2.05, 4.69) is 4.98 Å². The number of rotatable bonds is 4. The lowest BCUT2D eigenvalue weighted by atomic mass is 9.97. The van der Waals surface area contributed by atoms with Crippen LogP contribution in [0.1, 0.15) is 36.6 Å². The van der Waals surface area contributed by atoms with Gasteiger partial charge in [-0.15, -0.1) is 11.3 Å². The summed E-state index contributed by atoms with van der Waals surface area (Å²) in [6, 6.07) is 0. The van der Waals surface area contributed by atoms with Gasteiger partial charge >= 0.3 is 5.97 Å². The molecule has 0 saturated carbocycles. The number of ether oxygens (including phenoxy) is 1.